The van der Waals surface area contributed by atoms with Crippen LogP contribution in [0.5, 0.6) is 11.8 Å². The number of hydrogen-bond acceptors (Lipinski definition) is 12. The Morgan fingerprint density at radius 1 is 0.949 bits per heavy atom. The summed E-state index contributed by atoms with van der Waals surface area (Å²) in [4.78, 5) is 16.9. The van der Waals surface area contributed by atoms with Crippen molar-refractivity contribution in [2.24, 2.45) is 0 Å². The zero-order valence-electron chi connectivity index (χ0n) is 22.6. The predicted molar refractivity (Wildman–Crippen MR) is 140 cm³/mol. The molecule has 14 nitrogen and oxygen atoms in total. The van der Waals surface area contributed by atoms with Crippen LogP contribution in [-0.4, -0.2) is 68.7 Å². The lowest BCUT2D eigenvalue weighted by Gasteiger charge is -2.25. The molecule has 208 valence electrons. The molecule has 4 heterocycles. The lowest BCUT2D eigenvalue weighted by molar-refractivity contribution is 0.00152. The van der Waals surface area contributed by atoms with E-state index >= 15 is 0 Å². The monoisotopic (exact) mass is 558 g/mol. The average molecular weight is 559 g/mol. The van der Waals surface area contributed by atoms with Gasteiger partial charge in [0.05, 0.1) is 20.3 Å². The quantitative estimate of drug-likeness (QED) is 0.286. The minimum absolute atomic E-state index is 0.0914. The first-order valence-electron chi connectivity index (χ1n) is 12.0. The van der Waals surface area contributed by atoms with E-state index in [1.807, 2.05) is 6.92 Å². The van der Waals surface area contributed by atoms with E-state index in [1.165, 1.54) is 32.0 Å². The Bertz CT molecular complexity index is 1510. The van der Waals surface area contributed by atoms with Gasteiger partial charge in [-0.2, -0.15) is 9.97 Å². The first-order valence-corrected chi connectivity index (χ1v) is 13.5. The van der Waals surface area contributed by atoms with Gasteiger partial charge in [0.15, 0.2) is 17.3 Å². The van der Waals surface area contributed by atoms with Crippen molar-refractivity contribution in [3.63, 3.8) is 0 Å². The third-order valence-corrected chi connectivity index (χ3v) is 7.31. The molecule has 4 rings (SSSR count). The summed E-state index contributed by atoms with van der Waals surface area (Å²) in [7, 11) is -1.36. The molecular formula is C24H30N8O6S. The van der Waals surface area contributed by atoms with E-state index in [1.54, 1.807) is 45.3 Å². The third-order valence-electron chi connectivity index (χ3n) is 5.61. The Balaban J connectivity index is 1.83. The number of anilines is 1. The lowest BCUT2D eigenvalue weighted by atomic mass is 10.2. The van der Waals surface area contributed by atoms with Crippen LogP contribution < -0.4 is 14.2 Å². The summed E-state index contributed by atoms with van der Waals surface area (Å²) in [6.45, 7) is 8.71. The van der Waals surface area contributed by atoms with Crippen LogP contribution in [0.1, 0.15) is 44.0 Å². The molecule has 0 aliphatic rings. The first-order chi connectivity index (χ1) is 18.6. The molecule has 0 aromatic carbocycles. The minimum Gasteiger partial charge on any atom is -0.479 e. The molecule has 0 aliphatic carbocycles. The highest BCUT2D eigenvalue weighted by Gasteiger charge is 2.36. The van der Waals surface area contributed by atoms with Crippen molar-refractivity contribution in [2.75, 3.05) is 18.9 Å². The Hall–Kier alpha value is -4.11. The van der Waals surface area contributed by atoms with Crippen LogP contribution in [0.15, 0.2) is 35.3 Å². The summed E-state index contributed by atoms with van der Waals surface area (Å²) in [5.74, 6) is 1.34. The number of aromatic nitrogens is 7. The van der Waals surface area contributed by atoms with Gasteiger partial charge in [-0.15, -0.1) is 10.2 Å². The topological polar surface area (TPSA) is 169 Å². The SMILES string of the molecule is COc1ncnc(OC)c1-n1c(NS(=O)(=O)[C@@H](C)[C@@H](OC(C)C)c2ncc(C)cn2)nnc1-c1ccc(C)o1. The van der Waals surface area contributed by atoms with E-state index in [-0.39, 0.29) is 41.1 Å². The molecule has 0 spiro atoms. The van der Waals surface area contributed by atoms with Gasteiger partial charge < -0.3 is 18.6 Å². The maximum atomic E-state index is 13.8. The summed E-state index contributed by atoms with van der Waals surface area (Å²) in [6.07, 6.45) is 3.19. The highest BCUT2D eigenvalue weighted by molar-refractivity contribution is 7.93. The Morgan fingerprint density at radius 3 is 2.13 bits per heavy atom. The highest BCUT2D eigenvalue weighted by Crippen LogP contribution is 2.36. The zero-order chi connectivity index (χ0) is 28.3. The van der Waals surface area contributed by atoms with Crippen molar-refractivity contribution in [3.05, 3.63) is 48.0 Å². The second kappa shape index (κ2) is 11.3. The molecular weight excluding hydrogens is 528 g/mol. The van der Waals surface area contributed by atoms with E-state index in [9.17, 15) is 8.42 Å². The van der Waals surface area contributed by atoms with E-state index in [2.05, 4.69) is 34.9 Å². The van der Waals surface area contributed by atoms with Crippen LogP contribution in [0.3, 0.4) is 0 Å². The van der Waals surface area contributed by atoms with Crippen molar-refractivity contribution >= 4 is 16.0 Å². The highest BCUT2D eigenvalue weighted by atomic mass is 32.2. The standard InChI is InChI=1S/C24H30N8O6S/c1-13(2)37-19(20-25-10-14(3)11-26-20)16(5)39(33,34)31-24-30-29-21(17-9-8-15(4)38-17)32(24)18-22(35-6)27-12-28-23(18)36-7/h8-13,16,19H,1-7H3,(H,30,31)/t16-,19+/m0/s1. The number of rotatable bonds is 11. The van der Waals surface area contributed by atoms with E-state index in [4.69, 9.17) is 18.6 Å². The summed E-state index contributed by atoms with van der Waals surface area (Å²) in [5.41, 5.74) is 0.996. The normalized spacial score (nSPS) is 13.3. The van der Waals surface area contributed by atoms with Crippen molar-refractivity contribution in [1.29, 1.82) is 0 Å². The van der Waals surface area contributed by atoms with Crippen molar-refractivity contribution in [1.82, 2.24) is 34.7 Å². The summed E-state index contributed by atoms with van der Waals surface area (Å²) in [6, 6.07) is 3.42. The second-order valence-corrected chi connectivity index (χ2v) is 10.9. The summed E-state index contributed by atoms with van der Waals surface area (Å²) in [5, 5.41) is 7.19. The molecule has 0 fully saturated rings. The molecule has 0 saturated heterocycles. The molecule has 0 bridgehead atoms. The zero-order valence-corrected chi connectivity index (χ0v) is 23.4. The fraction of sp³-hybridized carbons (Fsp3) is 0.417. The molecule has 2 atom stereocenters. The molecule has 0 aliphatic heterocycles. The number of furan rings is 1. The fourth-order valence-electron chi connectivity index (χ4n) is 3.72. The minimum atomic E-state index is -4.18. The van der Waals surface area contributed by atoms with Gasteiger partial charge in [-0.1, -0.05) is 0 Å². The van der Waals surface area contributed by atoms with Gasteiger partial charge in [0.25, 0.3) is 0 Å². The number of sulfonamides is 1. The Morgan fingerprint density at radius 2 is 1.59 bits per heavy atom. The molecule has 4 aromatic rings. The van der Waals surface area contributed by atoms with Crippen LogP contribution in [0.4, 0.5) is 5.95 Å². The number of methoxy groups -OCH3 is 2. The summed E-state index contributed by atoms with van der Waals surface area (Å²) >= 11 is 0. The number of aryl methyl sites for hydroxylation is 2. The predicted octanol–water partition coefficient (Wildman–Crippen LogP) is 3.04. The smallest absolute Gasteiger partial charge is 0.245 e. The molecule has 0 saturated carbocycles. The first kappa shape index (κ1) is 27.9. The molecule has 4 aromatic heterocycles. The molecule has 0 radical (unpaired) electrons. The average Bonchev–Trinajstić information content (AvgIpc) is 3.52. The number of nitrogens with one attached hydrogen (secondary N) is 1. The van der Waals surface area contributed by atoms with E-state index < -0.39 is 21.4 Å². The molecule has 0 amide bonds. The van der Waals surface area contributed by atoms with Gasteiger partial charge in [-0.25, -0.2) is 23.0 Å². The van der Waals surface area contributed by atoms with Crippen LogP contribution in [-0.2, 0) is 14.8 Å². The molecule has 0 unspecified atom stereocenters. The van der Waals surface area contributed by atoms with Gasteiger partial charge >= 0.3 is 0 Å². The maximum absolute atomic E-state index is 13.8. The van der Waals surface area contributed by atoms with Gasteiger partial charge in [-0.05, 0) is 52.3 Å². The Kier molecular flexibility index (Phi) is 8.11. The largest absolute Gasteiger partial charge is 0.479 e. The van der Waals surface area contributed by atoms with Crippen LogP contribution in [0, 0.1) is 13.8 Å². The van der Waals surface area contributed by atoms with Gasteiger partial charge in [0.2, 0.25) is 33.6 Å². The van der Waals surface area contributed by atoms with Crippen LogP contribution >= 0.6 is 0 Å². The maximum Gasteiger partial charge on any atom is 0.245 e. The molecule has 39 heavy (non-hydrogen) atoms. The van der Waals surface area contributed by atoms with Crippen molar-refractivity contribution in [3.8, 4) is 29.0 Å². The summed E-state index contributed by atoms with van der Waals surface area (Å²) < 4.78 is 54.0. The third kappa shape index (κ3) is 5.83. The fourth-order valence-corrected chi connectivity index (χ4v) is 4.80. The van der Waals surface area contributed by atoms with Crippen molar-refractivity contribution in [2.45, 2.75) is 52.1 Å². The number of hydrogen-bond donors (Lipinski definition) is 1. The molecule has 15 heteroatoms. The van der Waals surface area contributed by atoms with E-state index in [0.717, 1.165) is 5.56 Å². The van der Waals surface area contributed by atoms with E-state index in [0.29, 0.717) is 11.5 Å². The number of nitrogens with zero attached hydrogens (tertiary/aromatic N) is 7. The number of ether oxygens (including phenoxy) is 3. The van der Waals surface area contributed by atoms with Gasteiger partial charge in [0.1, 0.15) is 23.4 Å². The lowest BCUT2D eigenvalue weighted by Crippen LogP contribution is -2.35. The molecule has 1 N–H and O–H groups in total. The second-order valence-electron chi connectivity index (χ2n) is 8.91. The van der Waals surface area contributed by atoms with Crippen LogP contribution in [0.25, 0.3) is 17.3 Å². The Labute approximate surface area is 225 Å². The van der Waals surface area contributed by atoms with Gasteiger partial charge in [0, 0.05) is 12.4 Å². The van der Waals surface area contributed by atoms with Gasteiger partial charge in [-0.3, -0.25) is 4.72 Å². The van der Waals surface area contributed by atoms with Crippen molar-refractivity contribution < 1.29 is 27.0 Å². The van der Waals surface area contributed by atoms with Crippen LogP contribution in [0.2, 0.25) is 0 Å².